The van der Waals surface area contributed by atoms with E-state index in [9.17, 15) is 22.4 Å². The van der Waals surface area contributed by atoms with Gasteiger partial charge in [0.2, 0.25) is 21.8 Å². The Morgan fingerprint density at radius 3 is 2.26 bits per heavy atom. The van der Waals surface area contributed by atoms with Crippen molar-refractivity contribution in [1.29, 1.82) is 0 Å². The molecule has 1 unspecified atom stereocenters. The number of anilines is 1. The first kappa shape index (κ1) is 28.8. The predicted molar refractivity (Wildman–Crippen MR) is 140 cm³/mol. The SMILES string of the molecule is CC(C)CNC(=O)C(C)N(Cc1ccc(Br)cc1)C(=O)CCCN(c1ccccc1F)S(C)(=O)=O. The molecule has 0 aromatic heterocycles. The van der Waals surface area contributed by atoms with E-state index in [1.165, 1.54) is 23.1 Å². The highest BCUT2D eigenvalue weighted by Gasteiger charge is 2.27. The van der Waals surface area contributed by atoms with E-state index < -0.39 is 21.9 Å². The minimum absolute atomic E-state index is 0.00119. The van der Waals surface area contributed by atoms with Gasteiger partial charge in [-0.05, 0) is 49.1 Å². The first-order valence-corrected chi connectivity index (χ1v) is 14.1. The van der Waals surface area contributed by atoms with Gasteiger partial charge in [-0.2, -0.15) is 0 Å². The summed E-state index contributed by atoms with van der Waals surface area (Å²) in [6.07, 6.45) is 1.17. The Morgan fingerprint density at radius 1 is 1.06 bits per heavy atom. The Balaban J connectivity index is 2.16. The molecular weight excluding hydrogens is 537 g/mol. The van der Waals surface area contributed by atoms with E-state index in [-0.39, 0.29) is 49.4 Å². The van der Waals surface area contributed by atoms with Gasteiger partial charge in [0.15, 0.2) is 0 Å². The number of nitrogens with zero attached hydrogens (tertiary/aromatic N) is 2. The average molecular weight is 571 g/mol. The van der Waals surface area contributed by atoms with Crippen molar-refractivity contribution in [2.24, 2.45) is 5.92 Å². The fourth-order valence-electron chi connectivity index (χ4n) is 3.46. The van der Waals surface area contributed by atoms with Crippen LogP contribution in [0.4, 0.5) is 10.1 Å². The summed E-state index contributed by atoms with van der Waals surface area (Å²) in [5, 5.41) is 2.86. The van der Waals surface area contributed by atoms with E-state index in [2.05, 4.69) is 21.2 Å². The average Bonchev–Trinajstić information content (AvgIpc) is 2.79. The molecule has 0 aliphatic heterocycles. The lowest BCUT2D eigenvalue weighted by Crippen LogP contribution is -2.48. The molecule has 2 amide bonds. The van der Waals surface area contributed by atoms with Crippen LogP contribution >= 0.6 is 15.9 Å². The van der Waals surface area contributed by atoms with Crippen molar-refractivity contribution in [1.82, 2.24) is 10.2 Å². The van der Waals surface area contributed by atoms with Gasteiger partial charge in [0.05, 0.1) is 11.9 Å². The Morgan fingerprint density at radius 2 is 1.69 bits per heavy atom. The number of halogens is 2. The van der Waals surface area contributed by atoms with Crippen LogP contribution in [0, 0.1) is 11.7 Å². The summed E-state index contributed by atoms with van der Waals surface area (Å²) in [5.74, 6) is -0.936. The number of sulfonamides is 1. The molecule has 0 radical (unpaired) electrons. The molecule has 1 N–H and O–H groups in total. The van der Waals surface area contributed by atoms with Gasteiger partial charge in [0, 0.05) is 30.5 Å². The maximum atomic E-state index is 14.2. The quantitative estimate of drug-likeness (QED) is 0.412. The van der Waals surface area contributed by atoms with E-state index in [1.54, 1.807) is 13.0 Å². The molecule has 192 valence electrons. The number of amides is 2. The second kappa shape index (κ2) is 13.0. The molecule has 2 aromatic carbocycles. The third kappa shape index (κ3) is 8.92. The zero-order chi connectivity index (χ0) is 26.2. The van der Waals surface area contributed by atoms with E-state index in [4.69, 9.17) is 0 Å². The summed E-state index contributed by atoms with van der Waals surface area (Å²) >= 11 is 3.39. The van der Waals surface area contributed by atoms with Gasteiger partial charge in [0.25, 0.3) is 0 Å². The Hall–Kier alpha value is -2.46. The minimum atomic E-state index is -3.76. The molecule has 10 heteroatoms. The Labute approximate surface area is 215 Å². The molecule has 1 atom stereocenters. The summed E-state index contributed by atoms with van der Waals surface area (Å²) in [6.45, 7) is 6.30. The van der Waals surface area contributed by atoms with Crippen LogP contribution in [0.5, 0.6) is 0 Å². The van der Waals surface area contributed by atoms with Gasteiger partial charge in [-0.1, -0.05) is 54.0 Å². The topological polar surface area (TPSA) is 86.8 Å². The van der Waals surface area contributed by atoms with E-state index in [1.807, 2.05) is 38.1 Å². The van der Waals surface area contributed by atoms with E-state index in [0.29, 0.717) is 6.54 Å². The molecule has 0 saturated carbocycles. The summed E-state index contributed by atoms with van der Waals surface area (Å²) in [4.78, 5) is 27.5. The number of hydrogen-bond acceptors (Lipinski definition) is 4. The van der Waals surface area contributed by atoms with E-state index >= 15 is 0 Å². The second-order valence-electron chi connectivity index (χ2n) is 8.85. The van der Waals surface area contributed by atoms with Crippen LogP contribution in [0.15, 0.2) is 53.0 Å². The van der Waals surface area contributed by atoms with Crippen molar-refractivity contribution in [2.45, 2.75) is 46.2 Å². The number of rotatable bonds is 12. The van der Waals surface area contributed by atoms with Crippen LogP contribution in [0.25, 0.3) is 0 Å². The molecule has 7 nitrogen and oxygen atoms in total. The minimum Gasteiger partial charge on any atom is -0.354 e. The molecule has 0 heterocycles. The van der Waals surface area contributed by atoms with Crippen LogP contribution < -0.4 is 9.62 Å². The first-order valence-electron chi connectivity index (χ1n) is 11.4. The van der Waals surface area contributed by atoms with Crippen molar-refractivity contribution in [3.63, 3.8) is 0 Å². The number of para-hydroxylation sites is 1. The highest BCUT2D eigenvalue weighted by molar-refractivity contribution is 9.10. The van der Waals surface area contributed by atoms with Crippen molar-refractivity contribution in [2.75, 3.05) is 23.7 Å². The van der Waals surface area contributed by atoms with Crippen LogP contribution in [0.2, 0.25) is 0 Å². The van der Waals surface area contributed by atoms with Gasteiger partial charge in [-0.25, -0.2) is 12.8 Å². The molecule has 35 heavy (non-hydrogen) atoms. The zero-order valence-corrected chi connectivity index (χ0v) is 22.9. The van der Waals surface area contributed by atoms with Crippen molar-refractivity contribution >= 4 is 43.5 Å². The molecular formula is C25H33BrFN3O4S. The van der Waals surface area contributed by atoms with Crippen molar-refractivity contribution < 1.29 is 22.4 Å². The summed E-state index contributed by atoms with van der Waals surface area (Å²) < 4.78 is 40.7. The molecule has 0 spiro atoms. The molecule has 0 aliphatic carbocycles. The first-order chi connectivity index (χ1) is 16.4. The highest BCUT2D eigenvalue weighted by Crippen LogP contribution is 2.22. The second-order valence-corrected chi connectivity index (χ2v) is 11.7. The molecule has 0 bridgehead atoms. The largest absolute Gasteiger partial charge is 0.354 e. The maximum Gasteiger partial charge on any atom is 0.242 e. The lowest BCUT2D eigenvalue weighted by Gasteiger charge is -2.29. The number of hydrogen-bond donors (Lipinski definition) is 1. The van der Waals surface area contributed by atoms with Crippen LogP contribution in [-0.2, 0) is 26.2 Å². The van der Waals surface area contributed by atoms with Crippen LogP contribution in [-0.4, -0.2) is 50.5 Å². The fourth-order valence-corrected chi connectivity index (χ4v) is 4.69. The fraction of sp³-hybridized carbons (Fsp3) is 0.440. The molecule has 0 saturated heterocycles. The number of carbonyl (C=O) groups excluding carboxylic acids is 2. The Bertz CT molecular complexity index is 1110. The third-order valence-corrected chi connectivity index (χ3v) is 7.10. The molecule has 2 rings (SSSR count). The normalized spacial score (nSPS) is 12.3. The molecule has 2 aromatic rings. The highest BCUT2D eigenvalue weighted by atomic mass is 79.9. The predicted octanol–water partition coefficient (Wildman–Crippen LogP) is 4.32. The summed E-state index contributed by atoms with van der Waals surface area (Å²) in [7, 11) is -3.76. The van der Waals surface area contributed by atoms with Crippen LogP contribution in [0.1, 0.15) is 39.2 Å². The molecule has 0 fully saturated rings. The van der Waals surface area contributed by atoms with Crippen molar-refractivity contribution in [3.8, 4) is 0 Å². The van der Waals surface area contributed by atoms with Crippen molar-refractivity contribution in [3.05, 3.63) is 64.4 Å². The van der Waals surface area contributed by atoms with Gasteiger partial charge in [-0.3, -0.25) is 13.9 Å². The number of nitrogens with one attached hydrogen (secondary N) is 1. The number of carbonyl (C=O) groups is 2. The smallest absolute Gasteiger partial charge is 0.242 e. The Kier molecular flexibility index (Phi) is 10.7. The van der Waals surface area contributed by atoms with Crippen LogP contribution in [0.3, 0.4) is 0 Å². The van der Waals surface area contributed by atoms with Gasteiger partial charge in [0.1, 0.15) is 11.9 Å². The molecule has 0 aliphatic rings. The van der Waals surface area contributed by atoms with E-state index in [0.717, 1.165) is 20.6 Å². The van der Waals surface area contributed by atoms with Gasteiger partial charge in [-0.15, -0.1) is 0 Å². The maximum absolute atomic E-state index is 14.2. The standard InChI is InChI=1S/C25H33BrFN3O4S/c1-18(2)16-28-25(32)19(3)29(17-20-11-13-21(26)14-12-20)24(31)10-7-15-30(35(4,33)34)23-9-6-5-8-22(23)27/h5-6,8-9,11-14,18-19H,7,10,15-17H2,1-4H3,(H,28,32). The monoisotopic (exact) mass is 569 g/mol. The lowest BCUT2D eigenvalue weighted by molar-refractivity contribution is -0.140. The lowest BCUT2D eigenvalue weighted by atomic mass is 10.1. The summed E-state index contributed by atoms with van der Waals surface area (Å²) in [6, 6.07) is 12.4. The number of benzene rings is 2. The zero-order valence-electron chi connectivity index (χ0n) is 20.5. The third-order valence-electron chi connectivity index (χ3n) is 5.39. The van der Waals surface area contributed by atoms with Gasteiger partial charge >= 0.3 is 0 Å². The summed E-state index contributed by atoms with van der Waals surface area (Å²) in [5.41, 5.74) is 0.796. The van der Waals surface area contributed by atoms with Gasteiger partial charge < -0.3 is 10.2 Å².